The van der Waals surface area contributed by atoms with Crippen LogP contribution in [0.5, 0.6) is 0 Å². The van der Waals surface area contributed by atoms with E-state index in [0.717, 1.165) is 18.5 Å². The molecule has 19 heavy (non-hydrogen) atoms. The Labute approximate surface area is 116 Å². The van der Waals surface area contributed by atoms with Crippen molar-refractivity contribution in [1.29, 1.82) is 0 Å². The summed E-state index contributed by atoms with van der Waals surface area (Å²) in [7, 11) is 0. The van der Waals surface area contributed by atoms with Crippen LogP contribution >= 0.6 is 0 Å². The zero-order chi connectivity index (χ0) is 14.0. The van der Waals surface area contributed by atoms with Crippen molar-refractivity contribution in [3.05, 3.63) is 35.0 Å². The summed E-state index contributed by atoms with van der Waals surface area (Å²) in [6.45, 7) is 11.9. The second-order valence-electron chi connectivity index (χ2n) is 5.71. The molecule has 0 spiro atoms. The van der Waals surface area contributed by atoms with Gasteiger partial charge in [0.1, 0.15) is 0 Å². The van der Waals surface area contributed by atoms with Crippen molar-refractivity contribution in [3.63, 3.8) is 0 Å². The van der Waals surface area contributed by atoms with Crippen LogP contribution in [-0.2, 0) is 6.42 Å². The topological polar surface area (TPSA) is 24.9 Å². The fourth-order valence-corrected chi connectivity index (χ4v) is 2.55. The number of hydrogen-bond acceptors (Lipinski definition) is 2. The fourth-order valence-electron chi connectivity index (χ4n) is 2.55. The first-order chi connectivity index (χ1) is 9.02. The van der Waals surface area contributed by atoms with Gasteiger partial charge in [-0.15, -0.1) is 0 Å². The molecule has 0 radical (unpaired) electrons. The van der Waals surface area contributed by atoms with Crippen LogP contribution in [-0.4, -0.2) is 11.5 Å². The van der Waals surface area contributed by atoms with Gasteiger partial charge in [-0.1, -0.05) is 26.0 Å². The standard InChI is InChI=1S/C17H24N2/c1-6-18-15-10-14(9-11(2)3)19-17-13(5)8-7-12(4)16(15)17/h7-8,10-11H,6,9H2,1-5H3,(H,18,19). The van der Waals surface area contributed by atoms with Crippen molar-refractivity contribution in [2.24, 2.45) is 5.92 Å². The molecule has 2 aromatic rings. The highest BCUT2D eigenvalue weighted by Crippen LogP contribution is 2.29. The molecule has 0 aliphatic heterocycles. The summed E-state index contributed by atoms with van der Waals surface area (Å²) in [5, 5.41) is 4.76. The Bertz CT molecular complexity index is 585. The molecule has 0 aliphatic carbocycles. The van der Waals surface area contributed by atoms with Crippen LogP contribution in [0.4, 0.5) is 5.69 Å². The van der Waals surface area contributed by atoms with Gasteiger partial charge >= 0.3 is 0 Å². The van der Waals surface area contributed by atoms with Gasteiger partial charge < -0.3 is 5.32 Å². The SMILES string of the molecule is CCNc1cc(CC(C)C)nc2c(C)ccc(C)c12. The highest BCUT2D eigenvalue weighted by atomic mass is 14.9. The number of anilines is 1. The van der Waals surface area contributed by atoms with Gasteiger partial charge in [0.05, 0.1) is 5.52 Å². The van der Waals surface area contributed by atoms with Gasteiger partial charge in [0.2, 0.25) is 0 Å². The van der Waals surface area contributed by atoms with E-state index in [4.69, 9.17) is 4.98 Å². The number of pyridine rings is 1. The Morgan fingerprint density at radius 3 is 2.47 bits per heavy atom. The van der Waals surface area contributed by atoms with E-state index in [1.807, 2.05) is 0 Å². The molecule has 0 amide bonds. The lowest BCUT2D eigenvalue weighted by Gasteiger charge is -2.15. The molecule has 0 bridgehead atoms. The number of nitrogens with zero attached hydrogens (tertiary/aromatic N) is 1. The van der Waals surface area contributed by atoms with Crippen LogP contribution in [0.25, 0.3) is 10.9 Å². The first-order valence-electron chi connectivity index (χ1n) is 7.16. The summed E-state index contributed by atoms with van der Waals surface area (Å²) in [4.78, 5) is 4.88. The first-order valence-corrected chi connectivity index (χ1v) is 7.16. The molecule has 2 nitrogen and oxygen atoms in total. The monoisotopic (exact) mass is 256 g/mol. The molecule has 102 valence electrons. The van der Waals surface area contributed by atoms with Gasteiger partial charge in [0, 0.05) is 23.3 Å². The van der Waals surface area contributed by atoms with Gasteiger partial charge in [-0.05, 0) is 50.3 Å². The Hall–Kier alpha value is -1.57. The fraction of sp³-hybridized carbons (Fsp3) is 0.471. The number of aryl methyl sites for hydroxylation is 2. The molecule has 1 N–H and O–H groups in total. The second kappa shape index (κ2) is 5.60. The number of fused-ring (bicyclic) bond motifs is 1. The van der Waals surface area contributed by atoms with Crippen molar-refractivity contribution < 1.29 is 0 Å². The van der Waals surface area contributed by atoms with E-state index in [9.17, 15) is 0 Å². The highest BCUT2D eigenvalue weighted by molar-refractivity contribution is 5.96. The molecule has 0 saturated heterocycles. The minimum absolute atomic E-state index is 0.629. The molecule has 0 atom stereocenters. The molecule has 0 fully saturated rings. The molecule has 0 aliphatic rings. The van der Waals surface area contributed by atoms with Gasteiger partial charge in [-0.2, -0.15) is 0 Å². The predicted octanol–water partition coefficient (Wildman–Crippen LogP) is 4.48. The predicted molar refractivity (Wildman–Crippen MR) is 83.9 cm³/mol. The summed E-state index contributed by atoms with van der Waals surface area (Å²) >= 11 is 0. The normalized spacial score (nSPS) is 11.3. The van der Waals surface area contributed by atoms with Crippen LogP contribution < -0.4 is 5.32 Å². The van der Waals surface area contributed by atoms with E-state index in [-0.39, 0.29) is 0 Å². The average Bonchev–Trinajstić information content (AvgIpc) is 2.33. The third-order valence-corrected chi connectivity index (χ3v) is 3.41. The quantitative estimate of drug-likeness (QED) is 0.872. The van der Waals surface area contributed by atoms with Crippen LogP contribution in [0.3, 0.4) is 0 Å². The first kappa shape index (κ1) is 13.9. The molecule has 0 saturated carbocycles. The lowest BCUT2D eigenvalue weighted by atomic mass is 10.0. The second-order valence-corrected chi connectivity index (χ2v) is 5.71. The molecule has 1 heterocycles. The van der Waals surface area contributed by atoms with Crippen LogP contribution in [0.15, 0.2) is 18.2 Å². The number of aromatic nitrogens is 1. The van der Waals surface area contributed by atoms with Gasteiger partial charge in [-0.25, -0.2) is 0 Å². The third-order valence-electron chi connectivity index (χ3n) is 3.41. The van der Waals surface area contributed by atoms with Crippen molar-refractivity contribution in [1.82, 2.24) is 4.98 Å². The lowest BCUT2D eigenvalue weighted by Crippen LogP contribution is -2.04. The van der Waals surface area contributed by atoms with E-state index in [2.05, 4.69) is 58.1 Å². The van der Waals surface area contributed by atoms with E-state index in [1.165, 1.54) is 27.9 Å². The van der Waals surface area contributed by atoms with Crippen molar-refractivity contribution in [2.45, 2.75) is 41.0 Å². The molecule has 2 heteroatoms. The highest BCUT2D eigenvalue weighted by Gasteiger charge is 2.10. The van der Waals surface area contributed by atoms with Crippen LogP contribution in [0, 0.1) is 19.8 Å². The number of hydrogen-bond donors (Lipinski definition) is 1. The van der Waals surface area contributed by atoms with E-state index >= 15 is 0 Å². The van der Waals surface area contributed by atoms with Crippen molar-refractivity contribution in [2.75, 3.05) is 11.9 Å². The third kappa shape index (κ3) is 2.89. The van der Waals surface area contributed by atoms with Crippen LogP contribution in [0.2, 0.25) is 0 Å². The van der Waals surface area contributed by atoms with Crippen LogP contribution in [0.1, 0.15) is 37.6 Å². The summed E-state index contributed by atoms with van der Waals surface area (Å²) < 4.78 is 0. The van der Waals surface area contributed by atoms with Crippen molar-refractivity contribution in [3.8, 4) is 0 Å². The van der Waals surface area contributed by atoms with Crippen molar-refractivity contribution >= 4 is 16.6 Å². The number of rotatable bonds is 4. The number of nitrogens with one attached hydrogen (secondary N) is 1. The minimum Gasteiger partial charge on any atom is -0.385 e. The van der Waals surface area contributed by atoms with Gasteiger partial charge in [0.25, 0.3) is 0 Å². The Morgan fingerprint density at radius 1 is 1.16 bits per heavy atom. The zero-order valence-electron chi connectivity index (χ0n) is 12.7. The Balaban J connectivity index is 2.68. The summed E-state index contributed by atoms with van der Waals surface area (Å²) in [6, 6.07) is 6.57. The molecule has 1 aromatic heterocycles. The summed E-state index contributed by atoms with van der Waals surface area (Å²) in [5.74, 6) is 0.629. The maximum Gasteiger partial charge on any atom is 0.0757 e. The molecular formula is C17H24N2. The van der Waals surface area contributed by atoms with Gasteiger partial charge in [0.15, 0.2) is 0 Å². The largest absolute Gasteiger partial charge is 0.385 e. The Kier molecular flexibility index (Phi) is 4.08. The number of benzene rings is 1. The smallest absolute Gasteiger partial charge is 0.0757 e. The van der Waals surface area contributed by atoms with E-state index in [1.54, 1.807) is 0 Å². The molecule has 2 rings (SSSR count). The maximum atomic E-state index is 4.88. The summed E-state index contributed by atoms with van der Waals surface area (Å²) in [5.41, 5.74) is 6.11. The van der Waals surface area contributed by atoms with Gasteiger partial charge in [-0.3, -0.25) is 4.98 Å². The summed E-state index contributed by atoms with van der Waals surface area (Å²) in [6.07, 6.45) is 1.03. The molecule has 1 aromatic carbocycles. The molecule has 0 unspecified atom stereocenters. The minimum atomic E-state index is 0.629. The molecular weight excluding hydrogens is 232 g/mol. The zero-order valence-corrected chi connectivity index (χ0v) is 12.7. The van der Waals surface area contributed by atoms with E-state index < -0.39 is 0 Å². The maximum absolute atomic E-state index is 4.88. The average molecular weight is 256 g/mol. The Morgan fingerprint density at radius 2 is 1.84 bits per heavy atom. The lowest BCUT2D eigenvalue weighted by molar-refractivity contribution is 0.637. The van der Waals surface area contributed by atoms with E-state index in [0.29, 0.717) is 5.92 Å².